The van der Waals surface area contributed by atoms with Crippen molar-refractivity contribution in [2.75, 3.05) is 6.54 Å². The average Bonchev–Trinajstić information content (AvgIpc) is 2.80. The van der Waals surface area contributed by atoms with E-state index < -0.39 is 5.43 Å². The van der Waals surface area contributed by atoms with Crippen LogP contribution in [-0.2, 0) is 22.7 Å². The molecule has 5 nitrogen and oxygen atoms in total. The molecule has 0 radical (unpaired) electrons. The third-order valence-electron chi connectivity index (χ3n) is 4.28. The van der Waals surface area contributed by atoms with Crippen molar-refractivity contribution in [1.29, 1.82) is 0 Å². The summed E-state index contributed by atoms with van der Waals surface area (Å²) in [6, 6.07) is 19.1. The lowest BCUT2D eigenvalue weighted by molar-refractivity contribution is 0.0866. The molecule has 0 N–H and O–H groups in total. The minimum Gasteiger partial charge on any atom is -0.449 e. The molecule has 2 rings (SSSR count). The predicted molar refractivity (Wildman–Crippen MR) is 125 cm³/mol. The van der Waals surface area contributed by atoms with Gasteiger partial charge in [0.2, 0.25) is 0 Å². The number of benzene rings is 2. The monoisotopic (exact) mass is 443 g/mol. The summed E-state index contributed by atoms with van der Waals surface area (Å²) in [7, 11) is 0. The van der Waals surface area contributed by atoms with E-state index in [1.165, 1.54) is 0 Å². The van der Waals surface area contributed by atoms with Crippen LogP contribution < -0.4 is 0 Å². The number of rotatable bonds is 10. The Kier molecular flexibility index (Phi) is 13.2. The van der Waals surface area contributed by atoms with Crippen LogP contribution in [0, 0.1) is 0 Å². The van der Waals surface area contributed by atoms with Gasteiger partial charge in [0.1, 0.15) is 13.2 Å². The number of allylic oxidation sites excluding steroid dienone is 1. The van der Waals surface area contributed by atoms with Crippen LogP contribution in [0.2, 0.25) is 0 Å². The summed E-state index contributed by atoms with van der Waals surface area (Å²) in [4.78, 5) is 24.0. The molecule has 0 fully saturated rings. The maximum absolute atomic E-state index is 12.1. The third-order valence-corrected chi connectivity index (χ3v) is 4.39. The Morgan fingerprint density at radius 3 is 1.90 bits per heavy atom. The van der Waals surface area contributed by atoms with E-state index in [1.54, 1.807) is 11.0 Å². The Morgan fingerprint density at radius 1 is 0.935 bits per heavy atom. The van der Waals surface area contributed by atoms with E-state index in [0.29, 0.717) is 13.2 Å². The van der Waals surface area contributed by atoms with Crippen molar-refractivity contribution in [2.45, 2.75) is 39.0 Å². The summed E-state index contributed by atoms with van der Waals surface area (Å²) >= 11 is 4.97. The van der Waals surface area contributed by atoms with E-state index >= 15 is 0 Å². The fourth-order valence-electron chi connectivity index (χ4n) is 2.60. The van der Waals surface area contributed by atoms with Gasteiger partial charge in [0.05, 0.1) is 0 Å². The van der Waals surface area contributed by atoms with Gasteiger partial charge in [-0.3, -0.25) is 0 Å². The fraction of sp³-hybridized carbons (Fsp3) is 0.280. The number of ether oxygens (including phenoxy) is 2. The minimum absolute atomic E-state index is 0.106. The number of amides is 1. The maximum atomic E-state index is 12.1. The van der Waals surface area contributed by atoms with Gasteiger partial charge in [-0.25, -0.2) is 9.59 Å². The van der Waals surface area contributed by atoms with Crippen molar-refractivity contribution in [1.82, 2.24) is 4.90 Å². The molecule has 31 heavy (non-hydrogen) atoms. The van der Waals surface area contributed by atoms with Gasteiger partial charge in [-0.1, -0.05) is 72.8 Å². The van der Waals surface area contributed by atoms with Crippen molar-refractivity contribution in [2.24, 2.45) is 0 Å². The maximum Gasteiger partial charge on any atom is 0.410 e. The van der Waals surface area contributed by atoms with Crippen molar-refractivity contribution >= 4 is 23.1 Å². The number of hydrogen-bond acceptors (Lipinski definition) is 4. The Hall–Kier alpha value is -3.05. The van der Waals surface area contributed by atoms with Gasteiger partial charge < -0.3 is 14.4 Å². The van der Waals surface area contributed by atoms with Crippen LogP contribution in [0.25, 0.3) is 0 Å². The number of halogens is 1. The molecule has 1 unspecified atom stereocenters. The highest BCUT2D eigenvalue weighted by molar-refractivity contribution is 6.61. The zero-order valence-corrected chi connectivity index (χ0v) is 18.7. The Labute approximate surface area is 189 Å². The Bertz CT molecular complexity index is 796. The molecule has 0 bridgehead atoms. The molecule has 2 aromatic carbocycles. The van der Waals surface area contributed by atoms with Gasteiger partial charge >= 0.3 is 11.5 Å². The summed E-state index contributed by atoms with van der Waals surface area (Å²) in [6.45, 7) is 10.4. The standard InChI is InChI=1S/C17H23NO2.C8H7ClO2/c1-4-6-10-15(3)18(13-5-2)17(19)20-14-16-11-8-7-9-12-16;9-8(10)11-6-7-4-2-1-3-5-7/h4-5,7-9,11-12,15H,1-2,6,10,13-14H2,3H3;1-5H,6H2. The molecule has 0 aliphatic rings. The van der Waals surface area contributed by atoms with Crippen LogP contribution in [0.4, 0.5) is 9.59 Å². The van der Waals surface area contributed by atoms with E-state index in [9.17, 15) is 9.59 Å². The van der Waals surface area contributed by atoms with Gasteiger partial charge in [0, 0.05) is 24.2 Å². The first kappa shape index (κ1) is 26.0. The normalized spacial score (nSPS) is 10.6. The number of carbonyl (C=O) groups is 2. The first-order valence-electron chi connectivity index (χ1n) is 10.0. The smallest absolute Gasteiger partial charge is 0.410 e. The molecule has 2 aromatic rings. The molecule has 1 atom stereocenters. The van der Waals surface area contributed by atoms with Gasteiger partial charge in [-0.05, 0) is 30.9 Å². The van der Waals surface area contributed by atoms with Crippen molar-refractivity contribution in [3.05, 3.63) is 97.1 Å². The zero-order valence-electron chi connectivity index (χ0n) is 17.9. The van der Waals surface area contributed by atoms with Gasteiger partial charge in [0.15, 0.2) is 0 Å². The topological polar surface area (TPSA) is 55.8 Å². The van der Waals surface area contributed by atoms with E-state index in [0.717, 1.165) is 24.0 Å². The summed E-state index contributed by atoms with van der Waals surface area (Å²) in [5.74, 6) is 0. The molecule has 166 valence electrons. The summed E-state index contributed by atoms with van der Waals surface area (Å²) in [6.07, 6.45) is 5.02. The number of carbonyl (C=O) groups excluding carboxylic acids is 2. The van der Waals surface area contributed by atoms with E-state index in [2.05, 4.69) is 17.9 Å². The highest BCUT2D eigenvalue weighted by atomic mass is 35.5. The van der Waals surface area contributed by atoms with E-state index in [4.69, 9.17) is 16.3 Å². The SMILES string of the molecule is C=CCCC(C)N(CC=C)C(=O)OCc1ccccc1.O=C(Cl)OCc1ccccc1. The summed E-state index contributed by atoms with van der Waals surface area (Å²) < 4.78 is 9.91. The lowest BCUT2D eigenvalue weighted by atomic mass is 10.1. The molecule has 0 aliphatic carbocycles. The van der Waals surface area contributed by atoms with Crippen LogP contribution in [0.15, 0.2) is 86.0 Å². The highest BCUT2D eigenvalue weighted by Gasteiger charge is 2.19. The molecule has 1 amide bonds. The highest BCUT2D eigenvalue weighted by Crippen LogP contribution is 2.11. The molecule has 0 aromatic heterocycles. The average molecular weight is 444 g/mol. The molecular formula is C25H30ClNO4. The van der Waals surface area contributed by atoms with Crippen molar-refractivity contribution < 1.29 is 19.1 Å². The van der Waals surface area contributed by atoms with Crippen molar-refractivity contribution in [3.63, 3.8) is 0 Å². The molecule has 0 spiro atoms. The zero-order chi connectivity index (χ0) is 22.9. The quantitative estimate of drug-likeness (QED) is 0.302. The second-order valence-corrected chi connectivity index (χ2v) is 7.02. The van der Waals surface area contributed by atoms with E-state index in [-0.39, 0.29) is 18.7 Å². The minimum atomic E-state index is -0.770. The first-order chi connectivity index (χ1) is 15.0. The largest absolute Gasteiger partial charge is 0.449 e. The van der Waals surface area contributed by atoms with Gasteiger partial charge in [-0.15, -0.1) is 13.2 Å². The molecular weight excluding hydrogens is 414 g/mol. The summed E-state index contributed by atoms with van der Waals surface area (Å²) in [5, 5.41) is 0. The Morgan fingerprint density at radius 2 is 1.45 bits per heavy atom. The predicted octanol–water partition coefficient (Wildman–Crippen LogP) is 6.73. The second kappa shape index (κ2) is 15.7. The van der Waals surface area contributed by atoms with Gasteiger partial charge in [0.25, 0.3) is 0 Å². The van der Waals surface area contributed by atoms with Crippen LogP contribution in [-0.4, -0.2) is 29.0 Å². The molecule has 0 heterocycles. The lowest BCUT2D eigenvalue weighted by Crippen LogP contribution is -2.39. The lowest BCUT2D eigenvalue weighted by Gasteiger charge is -2.27. The molecule has 0 aliphatic heterocycles. The molecule has 0 saturated heterocycles. The number of hydrogen-bond donors (Lipinski definition) is 0. The van der Waals surface area contributed by atoms with Crippen molar-refractivity contribution in [3.8, 4) is 0 Å². The van der Waals surface area contributed by atoms with Crippen LogP contribution in [0.3, 0.4) is 0 Å². The van der Waals surface area contributed by atoms with Gasteiger partial charge in [-0.2, -0.15) is 0 Å². The van der Waals surface area contributed by atoms with E-state index in [1.807, 2.05) is 73.7 Å². The molecule has 6 heteroatoms. The number of nitrogens with zero attached hydrogens (tertiary/aromatic N) is 1. The fourth-order valence-corrected chi connectivity index (χ4v) is 2.66. The Balaban J connectivity index is 0.000000367. The third kappa shape index (κ3) is 11.6. The summed E-state index contributed by atoms with van der Waals surface area (Å²) in [5.41, 5.74) is 1.15. The first-order valence-corrected chi connectivity index (χ1v) is 10.4. The second-order valence-electron chi connectivity index (χ2n) is 6.71. The van der Waals surface area contributed by atoms with Crippen LogP contribution in [0.5, 0.6) is 0 Å². The van der Waals surface area contributed by atoms with Crippen LogP contribution >= 0.6 is 11.6 Å². The van der Waals surface area contributed by atoms with Crippen LogP contribution in [0.1, 0.15) is 30.9 Å². The molecule has 0 saturated carbocycles.